The fraction of sp³-hybridized carbons (Fsp3) is 0.267. The summed E-state index contributed by atoms with van der Waals surface area (Å²) in [6.45, 7) is 1.49. The van der Waals surface area contributed by atoms with Crippen molar-refractivity contribution in [2.45, 2.75) is 13.1 Å². The number of nitrogens with zero attached hydrogens (tertiary/aromatic N) is 1. The zero-order valence-electron chi connectivity index (χ0n) is 11.7. The number of hydrogen-bond donors (Lipinski definition) is 2. The highest BCUT2D eigenvalue weighted by atomic mass is 32.1. The topological polar surface area (TPSA) is 45.7 Å². The van der Waals surface area contributed by atoms with Crippen LogP contribution in [-0.4, -0.2) is 20.1 Å². The van der Waals surface area contributed by atoms with Crippen molar-refractivity contribution < 1.29 is 4.74 Å². The Bertz CT molecular complexity index is 552. The smallest absolute Gasteiger partial charge is 0.191 e. The highest BCUT2D eigenvalue weighted by Gasteiger charge is 2.00. The summed E-state index contributed by atoms with van der Waals surface area (Å²) >= 11 is 1.70. The van der Waals surface area contributed by atoms with Crippen molar-refractivity contribution in [3.8, 4) is 5.75 Å². The molecule has 0 bridgehead atoms. The third-order valence-corrected chi connectivity index (χ3v) is 3.59. The summed E-state index contributed by atoms with van der Waals surface area (Å²) in [5, 5.41) is 10.8. The van der Waals surface area contributed by atoms with Gasteiger partial charge in [0.2, 0.25) is 0 Å². The molecule has 4 nitrogen and oxygen atoms in total. The summed E-state index contributed by atoms with van der Waals surface area (Å²) in [4.78, 5) is 4.21. The molecular formula is C15H19N3OS. The van der Waals surface area contributed by atoms with E-state index in [2.05, 4.69) is 38.5 Å². The summed E-state index contributed by atoms with van der Waals surface area (Å²) in [5.41, 5.74) is 2.42. The number of nitrogens with one attached hydrogen (secondary N) is 2. The third kappa shape index (κ3) is 4.28. The molecule has 2 rings (SSSR count). The zero-order valence-corrected chi connectivity index (χ0v) is 12.5. The third-order valence-electron chi connectivity index (χ3n) is 2.86. The van der Waals surface area contributed by atoms with Gasteiger partial charge in [0.25, 0.3) is 0 Å². The maximum atomic E-state index is 5.21. The normalized spacial score (nSPS) is 11.2. The molecule has 5 heteroatoms. The molecule has 2 aromatic rings. The summed E-state index contributed by atoms with van der Waals surface area (Å²) in [6, 6.07) is 10.1. The molecule has 0 aliphatic rings. The average molecular weight is 289 g/mol. The van der Waals surface area contributed by atoms with E-state index in [0.29, 0.717) is 6.54 Å². The van der Waals surface area contributed by atoms with Crippen LogP contribution in [0, 0.1) is 0 Å². The summed E-state index contributed by atoms with van der Waals surface area (Å²) in [7, 11) is 3.45. The van der Waals surface area contributed by atoms with Crippen LogP contribution in [0.2, 0.25) is 0 Å². The van der Waals surface area contributed by atoms with E-state index >= 15 is 0 Å². The molecule has 20 heavy (non-hydrogen) atoms. The number of ether oxygens (including phenoxy) is 1. The van der Waals surface area contributed by atoms with Crippen LogP contribution in [0.1, 0.15) is 11.1 Å². The first kappa shape index (κ1) is 14.4. The number of guanidine groups is 1. The second-order valence-corrected chi connectivity index (χ2v) is 5.04. The molecule has 0 aliphatic carbocycles. The van der Waals surface area contributed by atoms with Crippen molar-refractivity contribution in [3.05, 3.63) is 52.2 Å². The van der Waals surface area contributed by atoms with Crippen LogP contribution < -0.4 is 15.4 Å². The Kier molecular flexibility index (Phi) is 5.43. The van der Waals surface area contributed by atoms with Gasteiger partial charge in [-0.25, -0.2) is 0 Å². The van der Waals surface area contributed by atoms with Gasteiger partial charge in [-0.2, -0.15) is 11.3 Å². The first-order valence-corrected chi connectivity index (χ1v) is 7.34. The van der Waals surface area contributed by atoms with Gasteiger partial charge in [-0.1, -0.05) is 12.1 Å². The lowest BCUT2D eigenvalue weighted by Crippen LogP contribution is -2.36. The molecule has 0 saturated heterocycles. The van der Waals surface area contributed by atoms with Gasteiger partial charge in [0.05, 0.1) is 7.11 Å². The van der Waals surface area contributed by atoms with Crippen molar-refractivity contribution in [2.24, 2.45) is 4.99 Å². The SMILES string of the molecule is CN=C(NCc1ccsc1)NCc1cccc(OC)c1. The first-order chi connectivity index (χ1) is 9.81. The van der Waals surface area contributed by atoms with E-state index in [1.54, 1.807) is 25.5 Å². The van der Waals surface area contributed by atoms with Crippen molar-refractivity contribution in [1.29, 1.82) is 0 Å². The second-order valence-electron chi connectivity index (χ2n) is 4.26. The summed E-state index contributed by atoms with van der Waals surface area (Å²) in [6.07, 6.45) is 0. The van der Waals surface area contributed by atoms with Crippen molar-refractivity contribution >= 4 is 17.3 Å². The molecule has 0 saturated carbocycles. The first-order valence-electron chi connectivity index (χ1n) is 6.40. The van der Waals surface area contributed by atoms with Gasteiger partial charge >= 0.3 is 0 Å². The maximum Gasteiger partial charge on any atom is 0.191 e. The highest BCUT2D eigenvalue weighted by molar-refractivity contribution is 7.07. The summed E-state index contributed by atoms with van der Waals surface area (Å²) < 4.78 is 5.21. The summed E-state index contributed by atoms with van der Waals surface area (Å²) in [5.74, 6) is 1.66. The molecule has 0 fully saturated rings. The molecular weight excluding hydrogens is 270 g/mol. The Labute approximate surface area is 123 Å². The van der Waals surface area contributed by atoms with Gasteiger partial charge in [0.15, 0.2) is 5.96 Å². The minimum Gasteiger partial charge on any atom is -0.497 e. The van der Waals surface area contributed by atoms with Gasteiger partial charge in [0, 0.05) is 20.1 Å². The van der Waals surface area contributed by atoms with Gasteiger partial charge in [-0.15, -0.1) is 0 Å². The van der Waals surface area contributed by atoms with Crippen LogP contribution in [0.4, 0.5) is 0 Å². The molecule has 2 N–H and O–H groups in total. The molecule has 0 amide bonds. The molecule has 0 aliphatic heterocycles. The molecule has 0 spiro atoms. The van der Waals surface area contributed by atoms with E-state index in [-0.39, 0.29) is 0 Å². The molecule has 106 valence electrons. The van der Waals surface area contributed by atoms with Crippen molar-refractivity contribution in [3.63, 3.8) is 0 Å². The van der Waals surface area contributed by atoms with Crippen LogP contribution in [0.25, 0.3) is 0 Å². The second kappa shape index (κ2) is 7.55. The average Bonchev–Trinajstić information content (AvgIpc) is 3.01. The molecule has 1 aromatic carbocycles. The number of aliphatic imine (C=N–C) groups is 1. The van der Waals surface area contributed by atoms with E-state index in [4.69, 9.17) is 4.74 Å². The highest BCUT2D eigenvalue weighted by Crippen LogP contribution is 2.12. The monoisotopic (exact) mass is 289 g/mol. The Hall–Kier alpha value is -2.01. The molecule has 0 unspecified atom stereocenters. The van der Waals surface area contributed by atoms with Crippen LogP contribution in [-0.2, 0) is 13.1 Å². The number of hydrogen-bond acceptors (Lipinski definition) is 3. The number of thiophene rings is 1. The van der Waals surface area contributed by atoms with E-state index in [0.717, 1.165) is 23.8 Å². The fourth-order valence-corrected chi connectivity index (χ4v) is 2.44. The predicted octanol–water partition coefficient (Wildman–Crippen LogP) is 2.62. The predicted molar refractivity (Wildman–Crippen MR) is 84.4 cm³/mol. The van der Waals surface area contributed by atoms with E-state index in [9.17, 15) is 0 Å². The van der Waals surface area contributed by atoms with Gasteiger partial charge < -0.3 is 15.4 Å². The molecule has 0 atom stereocenters. The van der Waals surface area contributed by atoms with E-state index in [1.807, 2.05) is 18.2 Å². The van der Waals surface area contributed by atoms with Gasteiger partial charge in [-0.3, -0.25) is 4.99 Å². The van der Waals surface area contributed by atoms with Gasteiger partial charge in [-0.05, 0) is 40.1 Å². The van der Waals surface area contributed by atoms with E-state index < -0.39 is 0 Å². The van der Waals surface area contributed by atoms with Crippen LogP contribution in [0.3, 0.4) is 0 Å². The fourth-order valence-electron chi connectivity index (χ4n) is 1.77. The van der Waals surface area contributed by atoms with Crippen molar-refractivity contribution in [2.75, 3.05) is 14.2 Å². The Morgan fingerprint density at radius 3 is 2.65 bits per heavy atom. The van der Waals surface area contributed by atoms with Crippen LogP contribution in [0.5, 0.6) is 5.75 Å². The minimum absolute atomic E-state index is 0.709. The van der Waals surface area contributed by atoms with Crippen LogP contribution in [0.15, 0.2) is 46.1 Å². The van der Waals surface area contributed by atoms with E-state index in [1.165, 1.54) is 5.56 Å². The largest absolute Gasteiger partial charge is 0.497 e. The Morgan fingerprint density at radius 1 is 1.20 bits per heavy atom. The quantitative estimate of drug-likeness (QED) is 0.657. The zero-order chi connectivity index (χ0) is 14.2. The van der Waals surface area contributed by atoms with Gasteiger partial charge in [0.1, 0.15) is 5.75 Å². The maximum absolute atomic E-state index is 5.21. The lowest BCUT2D eigenvalue weighted by molar-refractivity contribution is 0.414. The van der Waals surface area contributed by atoms with Crippen LogP contribution >= 0.6 is 11.3 Å². The molecule has 0 radical (unpaired) electrons. The Balaban J connectivity index is 1.84. The number of rotatable bonds is 5. The number of methoxy groups -OCH3 is 1. The van der Waals surface area contributed by atoms with Crippen molar-refractivity contribution in [1.82, 2.24) is 10.6 Å². The molecule has 1 aromatic heterocycles. The molecule has 1 heterocycles. The number of benzene rings is 1. The lowest BCUT2D eigenvalue weighted by Gasteiger charge is -2.12. The minimum atomic E-state index is 0.709. The lowest BCUT2D eigenvalue weighted by atomic mass is 10.2. The standard InChI is InChI=1S/C15H19N3OS/c1-16-15(18-10-13-6-7-20-11-13)17-9-12-4-3-5-14(8-12)19-2/h3-8,11H,9-10H2,1-2H3,(H2,16,17,18). The Morgan fingerprint density at radius 2 is 2.00 bits per heavy atom.